The maximum Gasteiger partial charge on any atom is 0.257 e. The molecule has 1 heterocycles. The van der Waals surface area contributed by atoms with E-state index in [4.69, 9.17) is 0 Å². The van der Waals surface area contributed by atoms with Crippen LogP contribution in [-0.2, 0) is 11.3 Å². The number of benzene rings is 1. The molecule has 0 fully saturated rings. The number of alkyl halides is 2. The van der Waals surface area contributed by atoms with Gasteiger partial charge in [-0.2, -0.15) is 5.10 Å². The third-order valence-corrected chi connectivity index (χ3v) is 2.81. The quantitative estimate of drug-likeness (QED) is 0.858. The van der Waals surface area contributed by atoms with Crippen molar-refractivity contribution in [2.45, 2.75) is 25.5 Å². The smallest absolute Gasteiger partial charge is 0.257 e. The number of carbonyl (C=O) groups is 1. The van der Waals surface area contributed by atoms with Crippen LogP contribution in [0.3, 0.4) is 0 Å². The average molecular weight is 295 g/mol. The Morgan fingerprint density at radius 1 is 1.33 bits per heavy atom. The van der Waals surface area contributed by atoms with Gasteiger partial charge < -0.3 is 10.4 Å². The number of halogens is 2. The van der Waals surface area contributed by atoms with Crippen LogP contribution >= 0.6 is 0 Å². The summed E-state index contributed by atoms with van der Waals surface area (Å²) in [6.45, 7) is -0.525. The third kappa shape index (κ3) is 4.64. The van der Waals surface area contributed by atoms with Crippen LogP contribution in [0.2, 0.25) is 0 Å². The minimum atomic E-state index is -2.51. The summed E-state index contributed by atoms with van der Waals surface area (Å²) in [7, 11) is 0. The largest absolute Gasteiger partial charge is 0.388 e. The number of hydrogen-bond donors (Lipinski definition) is 2. The molecule has 0 aliphatic heterocycles. The van der Waals surface area contributed by atoms with Crippen molar-refractivity contribution in [2.75, 3.05) is 5.32 Å². The van der Waals surface area contributed by atoms with Crippen molar-refractivity contribution in [3.8, 4) is 0 Å². The summed E-state index contributed by atoms with van der Waals surface area (Å²) < 4.78 is 25.4. The third-order valence-electron chi connectivity index (χ3n) is 2.81. The molecule has 0 saturated heterocycles. The van der Waals surface area contributed by atoms with E-state index in [0.29, 0.717) is 11.3 Å². The standard InChI is InChI=1S/C14H15F2N3O2/c15-13(16)9-19-8-11(7-17-19)18-14(21)6-12(20)10-4-2-1-3-5-10/h1-5,7-8,12-13,20H,6,9H2,(H,18,21). The maximum atomic E-state index is 12.2. The molecule has 7 heteroatoms. The number of nitrogens with zero attached hydrogens (tertiary/aromatic N) is 2. The summed E-state index contributed by atoms with van der Waals surface area (Å²) >= 11 is 0. The second-order valence-corrected chi connectivity index (χ2v) is 4.52. The molecule has 5 nitrogen and oxygen atoms in total. The van der Waals surface area contributed by atoms with Gasteiger partial charge in [-0.15, -0.1) is 0 Å². The molecular weight excluding hydrogens is 280 g/mol. The molecule has 0 radical (unpaired) electrons. The Morgan fingerprint density at radius 3 is 2.71 bits per heavy atom. The SMILES string of the molecule is O=C(CC(O)c1ccccc1)Nc1cnn(CC(F)F)c1. The number of anilines is 1. The number of hydrogen-bond acceptors (Lipinski definition) is 3. The zero-order valence-electron chi connectivity index (χ0n) is 11.1. The number of aliphatic hydroxyl groups is 1. The van der Waals surface area contributed by atoms with Crippen LogP contribution in [0.4, 0.5) is 14.5 Å². The molecule has 0 spiro atoms. The summed E-state index contributed by atoms with van der Waals surface area (Å²) in [5, 5.41) is 16.1. The number of nitrogens with one attached hydrogen (secondary N) is 1. The van der Waals surface area contributed by atoms with Gasteiger partial charge in [0.15, 0.2) is 0 Å². The molecule has 1 aromatic heterocycles. The molecule has 0 saturated carbocycles. The van der Waals surface area contributed by atoms with E-state index >= 15 is 0 Å². The number of rotatable bonds is 6. The highest BCUT2D eigenvalue weighted by atomic mass is 19.3. The molecule has 2 rings (SSSR count). The zero-order valence-corrected chi connectivity index (χ0v) is 11.1. The molecule has 21 heavy (non-hydrogen) atoms. The van der Waals surface area contributed by atoms with Crippen LogP contribution < -0.4 is 5.32 Å². The molecule has 1 atom stereocenters. The monoisotopic (exact) mass is 295 g/mol. The first kappa shape index (κ1) is 15.1. The van der Waals surface area contributed by atoms with Crippen molar-refractivity contribution in [3.05, 3.63) is 48.3 Å². The zero-order chi connectivity index (χ0) is 15.2. The Labute approximate surface area is 120 Å². The highest BCUT2D eigenvalue weighted by Gasteiger charge is 2.14. The first-order valence-electron chi connectivity index (χ1n) is 6.38. The lowest BCUT2D eigenvalue weighted by Gasteiger charge is -2.10. The molecule has 0 bridgehead atoms. The van der Waals surface area contributed by atoms with Gasteiger partial charge in [0.2, 0.25) is 5.91 Å². The fourth-order valence-electron chi connectivity index (χ4n) is 1.85. The fourth-order valence-corrected chi connectivity index (χ4v) is 1.85. The molecule has 112 valence electrons. The lowest BCUT2D eigenvalue weighted by molar-refractivity contribution is -0.118. The van der Waals surface area contributed by atoms with Gasteiger partial charge in [0.05, 0.1) is 24.4 Å². The van der Waals surface area contributed by atoms with Crippen LogP contribution in [0.15, 0.2) is 42.7 Å². The van der Waals surface area contributed by atoms with Crippen molar-refractivity contribution >= 4 is 11.6 Å². The van der Waals surface area contributed by atoms with Gasteiger partial charge in [-0.25, -0.2) is 8.78 Å². The Hall–Kier alpha value is -2.28. The average Bonchev–Trinajstić information content (AvgIpc) is 2.85. The van der Waals surface area contributed by atoms with Gasteiger partial charge in [-0.1, -0.05) is 30.3 Å². The van der Waals surface area contributed by atoms with E-state index < -0.39 is 25.0 Å². The van der Waals surface area contributed by atoms with Gasteiger partial charge in [-0.3, -0.25) is 9.48 Å². The molecule has 1 aromatic carbocycles. The Morgan fingerprint density at radius 2 is 2.05 bits per heavy atom. The highest BCUT2D eigenvalue weighted by molar-refractivity contribution is 5.90. The summed E-state index contributed by atoms with van der Waals surface area (Å²) in [4.78, 5) is 11.8. The number of carbonyl (C=O) groups excluding carboxylic acids is 1. The van der Waals surface area contributed by atoms with Crippen LogP contribution in [0.1, 0.15) is 18.1 Å². The van der Waals surface area contributed by atoms with Crippen molar-refractivity contribution in [2.24, 2.45) is 0 Å². The minimum absolute atomic E-state index is 0.121. The van der Waals surface area contributed by atoms with Crippen LogP contribution in [0, 0.1) is 0 Å². The van der Waals surface area contributed by atoms with Gasteiger partial charge >= 0.3 is 0 Å². The van der Waals surface area contributed by atoms with Crippen LogP contribution in [0.25, 0.3) is 0 Å². The van der Waals surface area contributed by atoms with E-state index in [-0.39, 0.29) is 6.42 Å². The van der Waals surface area contributed by atoms with Crippen molar-refractivity contribution in [1.82, 2.24) is 9.78 Å². The topological polar surface area (TPSA) is 67.2 Å². The van der Waals surface area contributed by atoms with E-state index in [1.54, 1.807) is 24.3 Å². The fraction of sp³-hybridized carbons (Fsp3) is 0.286. The molecule has 0 aliphatic rings. The van der Waals surface area contributed by atoms with Crippen molar-refractivity contribution in [3.63, 3.8) is 0 Å². The van der Waals surface area contributed by atoms with Gasteiger partial charge in [0, 0.05) is 6.20 Å². The first-order chi connectivity index (χ1) is 10.0. The van der Waals surface area contributed by atoms with Gasteiger partial charge in [0.1, 0.15) is 6.54 Å². The van der Waals surface area contributed by atoms with Gasteiger partial charge in [-0.05, 0) is 5.56 Å². The lowest BCUT2D eigenvalue weighted by Crippen LogP contribution is -2.15. The molecule has 2 aromatic rings. The molecule has 2 N–H and O–H groups in total. The molecule has 1 amide bonds. The van der Waals surface area contributed by atoms with Crippen molar-refractivity contribution < 1.29 is 18.7 Å². The van der Waals surface area contributed by atoms with Gasteiger partial charge in [0.25, 0.3) is 6.43 Å². The van der Waals surface area contributed by atoms with E-state index in [9.17, 15) is 18.7 Å². The second-order valence-electron chi connectivity index (χ2n) is 4.52. The van der Waals surface area contributed by atoms with Crippen LogP contribution in [0.5, 0.6) is 0 Å². The summed E-state index contributed by atoms with van der Waals surface area (Å²) in [6, 6.07) is 8.79. The molecule has 1 unspecified atom stereocenters. The number of aliphatic hydroxyl groups excluding tert-OH is 1. The number of amides is 1. The Bertz CT molecular complexity index is 587. The lowest BCUT2D eigenvalue weighted by atomic mass is 10.1. The van der Waals surface area contributed by atoms with E-state index in [2.05, 4.69) is 10.4 Å². The summed E-state index contributed by atoms with van der Waals surface area (Å²) in [6.07, 6.45) is -0.936. The predicted octanol–water partition coefficient (Wildman–Crippen LogP) is 2.21. The van der Waals surface area contributed by atoms with Crippen LogP contribution in [-0.4, -0.2) is 27.2 Å². The maximum absolute atomic E-state index is 12.2. The Balaban J connectivity index is 1.88. The summed E-state index contributed by atoms with van der Waals surface area (Å²) in [5.74, 6) is -0.414. The number of aromatic nitrogens is 2. The minimum Gasteiger partial charge on any atom is -0.388 e. The van der Waals surface area contributed by atoms with E-state index in [1.165, 1.54) is 12.4 Å². The van der Waals surface area contributed by atoms with E-state index in [0.717, 1.165) is 4.68 Å². The summed E-state index contributed by atoms with van der Waals surface area (Å²) in [5.41, 5.74) is 0.960. The van der Waals surface area contributed by atoms with Crippen molar-refractivity contribution in [1.29, 1.82) is 0 Å². The highest BCUT2D eigenvalue weighted by Crippen LogP contribution is 2.17. The normalized spacial score (nSPS) is 12.4. The first-order valence-corrected chi connectivity index (χ1v) is 6.38. The predicted molar refractivity (Wildman–Crippen MR) is 72.9 cm³/mol. The molecule has 0 aliphatic carbocycles. The van der Waals surface area contributed by atoms with E-state index in [1.807, 2.05) is 6.07 Å². The second kappa shape index (κ2) is 6.94. The molecular formula is C14H15F2N3O2. The Kier molecular flexibility index (Phi) is 4.99.